The lowest BCUT2D eigenvalue weighted by Gasteiger charge is -2.05. The zero-order valence-corrected chi connectivity index (χ0v) is 9.75. The van der Waals surface area contributed by atoms with E-state index in [0.29, 0.717) is 17.1 Å². The molecule has 18 heavy (non-hydrogen) atoms. The van der Waals surface area contributed by atoms with Gasteiger partial charge in [0, 0.05) is 18.0 Å². The summed E-state index contributed by atoms with van der Waals surface area (Å²) < 4.78 is 4.91. The minimum atomic E-state index is -0.268. The van der Waals surface area contributed by atoms with Crippen molar-refractivity contribution < 1.29 is 14.6 Å². The van der Waals surface area contributed by atoms with E-state index in [2.05, 4.69) is 10.3 Å². The van der Waals surface area contributed by atoms with Crippen LogP contribution in [0, 0.1) is 0 Å². The summed E-state index contributed by atoms with van der Waals surface area (Å²) in [4.78, 5) is 15.8. The minimum Gasteiger partial charge on any atom is -0.508 e. The van der Waals surface area contributed by atoms with Crippen molar-refractivity contribution >= 4 is 11.6 Å². The van der Waals surface area contributed by atoms with Crippen molar-refractivity contribution in [3.05, 3.63) is 48.2 Å². The van der Waals surface area contributed by atoms with E-state index >= 15 is 0 Å². The Bertz CT molecular complexity index is 535. The predicted molar refractivity (Wildman–Crippen MR) is 66.8 cm³/mol. The molecule has 2 N–H and O–H groups in total. The van der Waals surface area contributed by atoms with Gasteiger partial charge in [0.1, 0.15) is 5.75 Å². The number of carbonyl (C=O) groups is 1. The first-order valence-electron chi connectivity index (χ1n) is 5.29. The van der Waals surface area contributed by atoms with Gasteiger partial charge in [-0.15, -0.1) is 0 Å². The number of ether oxygens (including phenoxy) is 1. The van der Waals surface area contributed by atoms with Crippen molar-refractivity contribution in [2.45, 2.75) is 0 Å². The number of benzene rings is 1. The minimum absolute atomic E-state index is 0.152. The van der Waals surface area contributed by atoms with Gasteiger partial charge in [0.15, 0.2) is 0 Å². The third-order valence-electron chi connectivity index (χ3n) is 2.33. The summed E-state index contributed by atoms with van der Waals surface area (Å²) in [6.45, 7) is 0. The number of hydrogen-bond donors (Lipinski definition) is 2. The van der Waals surface area contributed by atoms with Gasteiger partial charge in [-0.3, -0.25) is 4.79 Å². The van der Waals surface area contributed by atoms with Crippen molar-refractivity contribution in [1.82, 2.24) is 4.98 Å². The van der Waals surface area contributed by atoms with Crippen LogP contribution < -0.4 is 10.1 Å². The summed E-state index contributed by atoms with van der Waals surface area (Å²) in [6.07, 6.45) is 1.44. The number of carbonyl (C=O) groups excluding carboxylic acids is 1. The molecule has 0 spiro atoms. The molecule has 92 valence electrons. The molecule has 0 saturated heterocycles. The van der Waals surface area contributed by atoms with Crippen LogP contribution in [0.2, 0.25) is 0 Å². The molecule has 1 aromatic carbocycles. The van der Waals surface area contributed by atoms with Crippen LogP contribution in [0.25, 0.3) is 0 Å². The van der Waals surface area contributed by atoms with Gasteiger partial charge >= 0.3 is 0 Å². The van der Waals surface area contributed by atoms with Crippen LogP contribution in [0.4, 0.5) is 5.69 Å². The molecular formula is C13H12N2O3. The van der Waals surface area contributed by atoms with Gasteiger partial charge in [-0.2, -0.15) is 0 Å². The average molecular weight is 244 g/mol. The second-order valence-electron chi connectivity index (χ2n) is 3.59. The first-order valence-corrected chi connectivity index (χ1v) is 5.29. The molecule has 0 aliphatic rings. The van der Waals surface area contributed by atoms with Crippen LogP contribution in [-0.4, -0.2) is 23.1 Å². The second-order valence-corrected chi connectivity index (χ2v) is 3.59. The highest BCUT2D eigenvalue weighted by Gasteiger charge is 2.06. The van der Waals surface area contributed by atoms with Crippen molar-refractivity contribution in [2.24, 2.45) is 0 Å². The highest BCUT2D eigenvalue weighted by atomic mass is 16.5. The van der Waals surface area contributed by atoms with Gasteiger partial charge in [-0.1, -0.05) is 0 Å². The number of hydrogen-bond acceptors (Lipinski definition) is 4. The fourth-order valence-electron chi connectivity index (χ4n) is 1.38. The number of amides is 1. The fraction of sp³-hybridized carbons (Fsp3) is 0.0769. The molecule has 5 heteroatoms. The lowest BCUT2D eigenvalue weighted by Crippen LogP contribution is -2.12. The van der Waals surface area contributed by atoms with Crippen molar-refractivity contribution in [3.63, 3.8) is 0 Å². The number of nitrogens with one attached hydrogen (secondary N) is 1. The molecule has 0 saturated carbocycles. The van der Waals surface area contributed by atoms with Crippen LogP contribution in [0.1, 0.15) is 10.4 Å². The Balaban J connectivity index is 2.09. The van der Waals surface area contributed by atoms with E-state index in [9.17, 15) is 4.79 Å². The quantitative estimate of drug-likeness (QED) is 0.810. The van der Waals surface area contributed by atoms with E-state index in [1.54, 1.807) is 24.3 Å². The first-order chi connectivity index (χ1) is 8.69. The number of aromatic hydroxyl groups is 1. The van der Waals surface area contributed by atoms with E-state index in [1.807, 2.05) is 0 Å². The summed E-state index contributed by atoms with van der Waals surface area (Å²) in [5, 5.41) is 11.8. The van der Waals surface area contributed by atoms with E-state index in [4.69, 9.17) is 9.84 Å². The number of phenols is 1. The van der Waals surface area contributed by atoms with Crippen molar-refractivity contribution in [2.75, 3.05) is 12.4 Å². The summed E-state index contributed by atoms with van der Waals surface area (Å²) in [6, 6.07) is 9.48. The largest absolute Gasteiger partial charge is 0.508 e. The molecule has 1 heterocycles. The first kappa shape index (κ1) is 11.9. The highest BCUT2D eigenvalue weighted by molar-refractivity contribution is 6.04. The van der Waals surface area contributed by atoms with E-state index < -0.39 is 0 Å². The maximum atomic E-state index is 11.8. The van der Waals surface area contributed by atoms with Gasteiger partial charge in [0.2, 0.25) is 5.88 Å². The van der Waals surface area contributed by atoms with E-state index in [0.717, 1.165) is 0 Å². The zero-order valence-electron chi connectivity index (χ0n) is 9.75. The molecular weight excluding hydrogens is 232 g/mol. The Morgan fingerprint density at radius 3 is 2.50 bits per heavy atom. The molecule has 0 aliphatic heterocycles. The maximum absolute atomic E-state index is 11.8. The monoisotopic (exact) mass is 244 g/mol. The average Bonchev–Trinajstić information content (AvgIpc) is 2.41. The number of anilines is 1. The Kier molecular flexibility index (Phi) is 3.43. The van der Waals surface area contributed by atoms with Crippen molar-refractivity contribution in [3.8, 4) is 11.6 Å². The van der Waals surface area contributed by atoms with Gasteiger partial charge in [-0.05, 0) is 30.3 Å². The number of pyridine rings is 1. The Labute approximate surface area is 104 Å². The van der Waals surface area contributed by atoms with Crippen molar-refractivity contribution in [1.29, 1.82) is 0 Å². The predicted octanol–water partition coefficient (Wildman–Crippen LogP) is 2.05. The smallest absolute Gasteiger partial charge is 0.257 e. The molecule has 0 bridgehead atoms. The normalized spacial score (nSPS) is 9.83. The third kappa shape index (κ3) is 2.76. The van der Waals surface area contributed by atoms with Crippen LogP contribution in [-0.2, 0) is 0 Å². The Morgan fingerprint density at radius 2 is 1.94 bits per heavy atom. The number of rotatable bonds is 3. The van der Waals surface area contributed by atoms with Gasteiger partial charge in [0.05, 0.1) is 12.7 Å². The molecule has 2 aromatic rings. The van der Waals surface area contributed by atoms with Gasteiger partial charge < -0.3 is 15.2 Å². The summed E-state index contributed by atoms with van der Waals surface area (Å²) in [7, 11) is 1.51. The highest BCUT2D eigenvalue weighted by Crippen LogP contribution is 2.15. The van der Waals surface area contributed by atoms with Crippen LogP contribution >= 0.6 is 0 Å². The summed E-state index contributed by atoms with van der Waals surface area (Å²) in [5.74, 6) is 0.339. The van der Waals surface area contributed by atoms with Gasteiger partial charge in [0.25, 0.3) is 5.91 Å². The number of aromatic nitrogens is 1. The third-order valence-corrected chi connectivity index (χ3v) is 2.33. The molecule has 0 unspecified atom stereocenters. The van der Waals surface area contributed by atoms with E-state index in [1.165, 1.54) is 25.4 Å². The molecule has 0 aliphatic carbocycles. The molecule has 0 atom stereocenters. The van der Waals surface area contributed by atoms with Gasteiger partial charge in [-0.25, -0.2) is 4.98 Å². The summed E-state index contributed by atoms with van der Waals surface area (Å²) in [5.41, 5.74) is 1.04. The zero-order chi connectivity index (χ0) is 13.0. The lowest BCUT2D eigenvalue weighted by atomic mass is 10.2. The topological polar surface area (TPSA) is 71.5 Å². The lowest BCUT2D eigenvalue weighted by molar-refractivity contribution is 0.102. The fourth-order valence-corrected chi connectivity index (χ4v) is 1.38. The number of nitrogens with zero attached hydrogens (tertiary/aromatic N) is 1. The summed E-state index contributed by atoms with van der Waals surface area (Å²) >= 11 is 0. The number of methoxy groups -OCH3 is 1. The molecule has 0 radical (unpaired) electrons. The molecule has 0 fully saturated rings. The van der Waals surface area contributed by atoms with Crippen LogP contribution in [0.5, 0.6) is 11.6 Å². The molecule has 1 amide bonds. The van der Waals surface area contributed by atoms with Crippen LogP contribution in [0.15, 0.2) is 42.6 Å². The van der Waals surface area contributed by atoms with E-state index in [-0.39, 0.29) is 11.7 Å². The second kappa shape index (κ2) is 5.18. The molecule has 2 rings (SSSR count). The molecule has 1 aromatic heterocycles. The number of phenolic OH excluding ortho intramolecular Hbond substituents is 1. The standard InChI is InChI=1S/C13H12N2O3/c1-18-12-7-2-9(8-14-12)13(17)15-10-3-5-11(16)6-4-10/h2-8,16H,1H3,(H,15,17). The SMILES string of the molecule is COc1ccc(C(=O)Nc2ccc(O)cc2)cn1. The maximum Gasteiger partial charge on any atom is 0.257 e. The Morgan fingerprint density at radius 1 is 1.22 bits per heavy atom. The Hall–Kier alpha value is -2.56. The van der Waals surface area contributed by atoms with Crippen LogP contribution in [0.3, 0.4) is 0 Å². The molecule has 5 nitrogen and oxygen atoms in total.